The third-order valence-electron chi connectivity index (χ3n) is 3.24. The van der Waals surface area contributed by atoms with Crippen LogP contribution in [0.15, 0.2) is 18.2 Å². The SMILES string of the molecule is Nc1cccc(Cl)c1-c1nnnn1C1CCCOC1. The van der Waals surface area contributed by atoms with Gasteiger partial charge in [0, 0.05) is 12.3 Å². The second kappa shape index (κ2) is 5.14. The lowest BCUT2D eigenvalue weighted by Crippen LogP contribution is -2.23. The molecular weight excluding hydrogens is 266 g/mol. The van der Waals surface area contributed by atoms with Crippen molar-refractivity contribution >= 4 is 17.3 Å². The number of tetrazole rings is 1. The highest BCUT2D eigenvalue weighted by Gasteiger charge is 2.23. The number of hydrogen-bond acceptors (Lipinski definition) is 5. The molecule has 0 spiro atoms. The molecule has 1 atom stereocenters. The molecule has 2 aromatic rings. The van der Waals surface area contributed by atoms with E-state index in [-0.39, 0.29) is 6.04 Å². The van der Waals surface area contributed by atoms with Crippen LogP contribution >= 0.6 is 11.6 Å². The topological polar surface area (TPSA) is 78.9 Å². The van der Waals surface area contributed by atoms with Crippen LogP contribution in [0.4, 0.5) is 5.69 Å². The van der Waals surface area contributed by atoms with Crippen molar-refractivity contribution in [2.75, 3.05) is 18.9 Å². The number of nitrogen functional groups attached to an aromatic ring is 1. The van der Waals surface area contributed by atoms with Crippen LogP contribution in [0.2, 0.25) is 5.02 Å². The zero-order chi connectivity index (χ0) is 13.2. The fraction of sp³-hybridized carbons (Fsp3) is 0.417. The standard InChI is InChI=1S/C12H14ClN5O/c13-9-4-1-5-10(14)11(9)12-15-16-17-18(12)8-3-2-6-19-7-8/h1,4-5,8H,2-3,6-7,14H2. The first-order valence-electron chi connectivity index (χ1n) is 6.17. The third-order valence-corrected chi connectivity index (χ3v) is 3.56. The molecule has 0 aliphatic carbocycles. The Kier molecular flexibility index (Phi) is 3.35. The van der Waals surface area contributed by atoms with Crippen LogP contribution in [0.3, 0.4) is 0 Å². The van der Waals surface area contributed by atoms with Gasteiger partial charge in [0.05, 0.1) is 23.2 Å². The molecule has 2 N–H and O–H groups in total. The molecule has 1 aromatic carbocycles. The second-order valence-corrected chi connectivity index (χ2v) is 4.93. The summed E-state index contributed by atoms with van der Waals surface area (Å²) in [7, 11) is 0. The highest BCUT2D eigenvalue weighted by Crippen LogP contribution is 2.33. The van der Waals surface area contributed by atoms with Crippen LogP contribution in [0.5, 0.6) is 0 Å². The minimum Gasteiger partial charge on any atom is -0.398 e. The lowest BCUT2D eigenvalue weighted by molar-refractivity contribution is 0.0548. The lowest BCUT2D eigenvalue weighted by atomic mass is 10.1. The Labute approximate surface area is 115 Å². The maximum atomic E-state index is 6.21. The van der Waals surface area contributed by atoms with Crippen molar-refractivity contribution in [3.8, 4) is 11.4 Å². The maximum Gasteiger partial charge on any atom is 0.185 e. The summed E-state index contributed by atoms with van der Waals surface area (Å²) in [5.74, 6) is 0.596. The Morgan fingerprint density at radius 1 is 1.42 bits per heavy atom. The Morgan fingerprint density at radius 2 is 2.32 bits per heavy atom. The van der Waals surface area contributed by atoms with Crippen molar-refractivity contribution in [3.63, 3.8) is 0 Å². The van der Waals surface area contributed by atoms with Crippen molar-refractivity contribution in [3.05, 3.63) is 23.2 Å². The molecular formula is C12H14ClN5O. The Morgan fingerprint density at radius 3 is 3.05 bits per heavy atom. The first-order valence-corrected chi connectivity index (χ1v) is 6.55. The summed E-state index contributed by atoms with van der Waals surface area (Å²) in [6.45, 7) is 1.41. The fourth-order valence-electron chi connectivity index (χ4n) is 2.30. The molecule has 6 nitrogen and oxygen atoms in total. The number of rotatable bonds is 2. The van der Waals surface area contributed by atoms with E-state index in [0.29, 0.717) is 28.7 Å². The highest BCUT2D eigenvalue weighted by atomic mass is 35.5. The van der Waals surface area contributed by atoms with Crippen molar-refractivity contribution in [1.82, 2.24) is 20.2 Å². The lowest BCUT2D eigenvalue weighted by Gasteiger charge is -2.23. The second-order valence-electron chi connectivity index (χ2n) is 4.52. The van der Waals surface area contributed by atoms with Gasteiger partial charge in [0.1, 0.15) is 0 Å². The van der Waals surface area contributed by atoms with E-state index < -0.39 is 0 Å². The molecule has 0 radical (unpaired) electrons. The normalized spacial score (nSPS) is 19.5. The quantitative estimate of drug-likeness (QED) is 0.850. The molecule has 3 rings (SSSR count). The molecule has 19 heavy (non-hydrogen) atoms. The molecule has 0 amide bonds. The van der Waals surface area contributed by atoms with Crippen LogP contribution in [0.25, 0.3) is 11.4 Å². The van der Waals surface area contributed by atoms with Crippen LogP contribution in [-0.2, 0) is 4.74 Å². The predicted octanol–water partition coefficient (Wildman–Crippen LogP) is 1.93. The van der Waals surface area contributed by atoms with Crippen molar-refractivity contribution < 1.29 is 4.74 Å². The number of hydrogen-bond donors (Lipinski definition) is 1. The molecule has 1 aromatic heterocycles. The summed E-state index contributed by atoms with van der Waals surface area (Å²) in [6, 6.07) is 5.51. The van der Waals surface area contributed by atoms with E-state index in [1.165, 1.54) is 0 Å². The summed E-state index contributed by atoms with van der Waals surface area (Å²) in [5.41, 5.74) is 7.24. The number of anilines is 1. The van der Waals surface area contributed by atoms with Gasteiger partial charge < -0.3 is 10.5 Å². The van der Waals surface area contributed by atoms with E-state index in [4.69, 9.17) is 22.1 Å². The zero-order valence-electron chi connectivity index (χ0n) is 10.3. The number of benzene rings is 1. The first kappa shape index (κ1) is 12.4. The van der Waals surface area contributed by atoms with Gasteiger partial charge in [0.25, 0.3) is 0 Å². The largest absolute Gasteiger partial charge is 0.398 e. The summed E-state index contributed by atoms with van der Waals surface area (Å²) in [6.07, 6.45) is 1.99. The first-order chi connectivity index (χ1) is 9.27. The number of halogens is 1. The van der Waals surface area contributed by atoms with Gasteiger partial charge in [-0.3, -0.25) is 0 Å². The van der Waals surface area contributed by atoms with Gasteiger partial charge in [-0.2, -0.15) is 0 Å². The molecule has 2 heterocycles. The van der Waals surface area contributed by atoms with E-state index >= 15 is 0 Å². The summed E-state index contributed by atoms with van der Waals surface area (Å²) in [5, 5.41) is 12.4. The third kappa shape index (κ3) is 2.29. The number of aromatic nitrogens is 4. The molecule has 1 unspecified atom stereocenters. The molecule has 1 aliphatic heterocycles. The number of nitrogens with two attached hydrogens (primary N) is 1. The van der Waals surface area contributed by atoms with Crippen molar-refractivity contribution in [2.45, 2.75) is 18.9 Å². The Balaban J connectivity index is 2.04. The van der Waals surface area contributed by atoms with Crippen LogP contribution in [0.1, 0.15) is 18.9 Å². The Bertz CT molecular complexity index is 559. The summed E-state index contributed by atoms with van der Waals surface area (Å²) in [4.78, 5) is 0. The van der Waals surface area contributed by atoms with E-state index in [1.807, 2.05) is 0 Å². The minimum atomic E-state index is 0.134. The fourth-order valence-corrected chi connectivity index (χ4v) is 2.56. The zero-order valence-corrected chi connectivity index (χ0v) is 11.0. The van der Waals surface area contributed by atoms with Gasteiger partial charge in [-0.05, 0) is 35.4 Å². The van der Waals surface area contributed by atoms with Crippen molar-refractivity contribution in [2.24, 2.45) is 0 Å². The smallest absolute Gasteiger partial charge is 0.185 e. The monoisotopic (exact) mass is 279 g/mol. The van der Waals surface area contributed by atoms with Gasteiger partial charge in [-0.15, -0.1) is 5.10 Å². The van der Waals surface area contributed by atoms with Crippen LogP contribution in [-0.4, -0.2) is 33.4 Å². The predicted molar refractivity (Wildman–Crippen MR) is 71.8 cm³/mol. The van der Waals surface area contributed by atoms with E-state index in [0.717, 1.165) is 19.4 Å². The van der Waals surface area contributed by atoms with Gasteiger partial charge in [0.15, 0.2) is 5.82 Å². The molecule has 100 valence electrons. The van der Waals surface area contributed by atoms with Gasteiger partial charge in [0.2, 0.25) is 0 Å². The maximum absolute atomic E-state index is 6.21. The van der Waals surface area contributed by atoms with E-state index in [1.54, 1.807) is 22.9 Å². The van der Waals surface area contributed by atoms with Gasteiger partial charge in [-0.1, -0.05) is 17.7 Å². The molecule has 1 aliphatic rings. The summed E-state index contributed by atoms with van der Waals surface area (Å²) < 4.78 is 7.24. The average molecular weight is 280 g/mol. The number of nitrogens with zero attached hydrogens (tertiary/aromatic N) is 4. The Hall–Kier alpha value is -1.66. The van der Waals surface area contributed by atoms with Gasteiger partial charge in [-0.25, -0.2) is 4.68 Å². The van der Waals surface area contributed by atoms with Crippen LogP contribution in [0, 0.1) is 0 Å². The molecule has 7 heteroatoms. The summed E-state index contributed by atoms with van der Waals surface area (Å²) >= 11 is 6.21. The minimum absolute atomic E-state index is 0.134. The molecule has 0 bridgehead atoms. The number of ether oxygens (including phenoxy) is 1. The van der Waals surface area contributed by atoms with E-state index in [2.05, 4.69) is 15.5 Å². The van der Waals surface area contributed by atoms with E-state index in [9.17, 15) is 0 Å². The average Bonchev–Trinajstić information content (AvgIpc) is 2.89. The van der Waals surface area contributed by atoms with Crippen molar-refractivity contribution in [1.29, 1.82) is 0 Å². The molecule has 0 saturated carbocycles. The molecule has 1 fully saturated rings. The molecule has 1 saturated heterocycles. The van der Waals surface area contributed by atoms with Gasteiger partial charge >= 0.3 is 0 Å². The van der Waals surface area contributed by atoms with Crippen LogP contribution < -0.4 is 5.73 Å². The highest BCUT2D eigenvalue weighted by molar-refractivity contribution is 6.33.